The SMILES string of the molecule is CC(C)C(c1ccccc1)N(O)CC(C)(C)C. The molecule has 0 heterocycles. The summed E-state index contributed by atoms with van der Waals surface area (Å²) < 4.78 is 0. The molecular weight excluding hydrogens is 210 g/mol. The molecule has 0 saturated carbocycles. The molecule has 96 valence electrons. The summed E-state index contributed by atoms with van der Waals surface area (Å²) in [5.74, 6) is 0.379. The van der Waals surface area contributed by atoms with Gasteiger partial charge in [0.2, 0.25) is 0 Å². The van der Waals surface area contributed by atoms with Crippen LogP contribution < -0.4 is 0 Å². The van der Waals surface area contributed by atoms with Gasteiger partial charge in [-0.05, 0) is 16.9 Å². The summed E-state index contributed by atoms with van der Waals surface area (Å²) in [5.41, 5.74) is 1.27. The highest BCUT2D eigenvalue weighted by molar-refractivity contribution is 5.19. The third kappa shape index (κ3) is 4.49. The van der Waals surface area contributed by atoms with E-state index >= 15 is 0 Å². The minimum atomic E-state index is 0.0652. The minimum absolute atomic E-state index is 0.0652. The Bertz CT molecular complexity index is 327. The zero-order valence-corrected chi connectivity index (χ0v) is 11.6. The molecule has 1 rings (SSSR count). The maximum absolute atomic E-state index is 10.3. The largest absolute Gasteiger partial charge is 0.313 e. The van der Waals surface area contributed by atoms with E-state index in [0.717, 1.165) is 0 Å². The van der Waals surface area contributed by atoms with E-state index in [0.29, 0.717) is 12.5 Å². The molecule has 2 nitrogen and oxygen atoms in total. The highest BCUT2D eigenvalue weighted by Gasteiger charge is 2.25. The smallest absolute Gasteiger partial charge is 0.0622 e. The molecule has 17 heavy (non-hydrogen) atoms. The van der Waals surface area contributed by atoms with Gasteiger partial charge in [0.05, 0.1) is 6.04 Å². The lowest BCUT2D eigenvalue weighted by Gasteiger charge is -2.34. The van der Waals surface area contributed by atoms with Crippen LogP contribution in [0.1, 0.15) is 46.2 Å². The number of rotatable bonds is 4. The Morgan fingerprint density at radius 3 is 2.06 bits per heavy atom. The lowest BCUT2D eigenvalue weighted by atomic mass is 9.92. The van der Waals surface area contributed by atoms with Gasteiger partial charge in [-0.2, -0.15) is 5.06 Å². The fourth-order valence-electron chi connectivity index (χ4n) is 2.14. The second kappa shape index (κ2) is 5.65. The molecule has 1 unspecified atom stereocenters. The van der Waals surface area contributed by atoms with Crippen LogP contribution >= 0.6 is 0 Å². The van der Waals surface area contributed by atoms with Crippen LogP contribution in [0.5, 0.6) is 0 Å². The molecule has 0 amide bonds. The van der Waals surface area contributed by atoms with Gasteiger partial charge in [-0.25, -0.2) is 0 Å². The molecule has 0 aliphatic heterocycles. The molecule has 0 aromatic heterocycles. The monoisotopic (exact) mass is 235 g/mol. The third-order valence-electron chi connectivity index (χ3n) is 2.73. The lowest BCUT2D eigenvalue weighted by Crippen LogP contribution is -2.35. The van der Waals surface area contributed by atoms with Gasteiger partial charge in [0, 0.05) is 6.54 Å². The third-order valence-corrected chi connectivity index (χ3v) is 2.73. The summed E-state index contributed by atoms with van der Waals surface area (Å²) >= 11 is 0. The Morgan fingerprint density at radius 1 is 1.12 bits per heavy atom. The second-order valence-corrected chi connectivity index (χ2v) is 6.26. The fraction of sp³-hybridized carbons (Fsp3) is 0.600. The van der Waals surface area contributed by atoms with E-state index < -0.39 is 0 Å². The molecule has 0 bridgehead atoms. The van der Waals surface area contributed by atoms with Crippen LogP contribution in [0.4, 0.5) is 0 Å². The summed E-state index contributed by atoms with van der Waals surface area (Å²) in [6, 6.07) is 10.3. The van der Waals surface area contributed by atoms with E-state index in [2.05, 4.69) is 46.8 Å². The first-order valence-corrected chi connectivity index (χ1v) is 6.32. The molecule has 1 N–H and O–H groups in total. The Balaban J connectivity index is 2.87. The van der Waals surface area contributed by atoms with E-state index in [-0.39, 0.29) is 11.5 Å². The minimum Gasteiger partial charge on any atom is -0.313 e. The number of hydroxylamine groups is 2. The van der Waals surface area contributed by atoms with Crippen molar-refractivity contribution in [2.45, 2.75) is 40.7 Å². The van der Waals surface area contributed by atoms with Crippen molar-refractivity contribution in [3.05, 3.63) is 35.9 Å². The second-order valence-electron chi connectivity index (χ2n) is 6.26. The van der Waals surface area contributed by atoms with Crippen molar-refractivity contribution in [2.75, 3.05) is 6.54 Å². The molecular formula is C15H25NO. The van der Waals surface area contributed by atoms with Gasteiger partial charge in [-0.1, -0.05) is 65.0 Å². The Hall–Kier alpha value is -0.860. The number of hydrogen-bond donors (Lipinski definition) is 1. The van der Waals surface area contributed by atoms with Gasteiger partial charge in [0.1, 0.15) is 0 Å². The summed E-state index contributed by atoms with van der Waals surface area (Å²) in [7, 11) is 0. The van der Waals surface area contributed by atoms with E-state index in [1.54, 1.807) is 0 Å². The van der Waals surface area contributed by atoms with Gasteiger partial charge in [-0.3, -0.25) is 0 Å². The number of nitrogens with zero attached hydrogens (tertiary/aromatic N) is 1. The van der Waals surface area contributed by atoms with E-state index in [9.17, 15) is 5.21 Å². The van der Waals surface area contributed by atoms with Crippen molar-refractivity contribution >= 4 is 0 Å². The quantitative estimate of drug-likeness (QED) is 0.793. The van der Waals surface area contributed by atoms with Gasteiger partial charge in [-0.15, -0.1) is 0 Å². The average Bonchev–Trinajstić information content (AvgIpc) is 2.15. The van der Waals surface area contributed by atoms with E-state index in [1.165, 1.54) is 10.6 Å². The summed E-state index contributed by atoms with van der Waals surface area (Å²) in [6.45, 7) is 11.4. The van der Waals surface area contributed by atoms with Crippen LogP contribution in [-0.2, 0) is 0 Å². The zero-order chi connectivity index (χ0) is 13.1. The van der Waals surface area contributed by atoms with Crippen LogP contribution in [0.2, 0.25) is 0 Å². The van der Waals surface area contributed by atoms with Crippen molar-refractivity contribution in [1.29, 1.82) is 0 Å². The Morgan fingerprint density at radius 2 is 1.65 bits per heavy atom. The topological polar surface area (TPSA) is 23.5 Å². The van der Waals surface area contributed by atoms with Crippen LogP contribution in [0.25, 0.3) is 0 Å². The van der Waals surface area contributed by atoms with Crippen molar-refractivity contribution in [2.24, 2.45) is 11.3 Å². The van der Waals surface area contributed by atoms with Crippen molar-refractivity contribution < 1.29 is 5.21 Å². The van der Waals surface area contributed by atoms with Gasteiger partial charge >= 0.3 is 0 Å². The predicted molar refractivity (Wildman–Crippen MR) is 72.0 cm³/mol. The summed E-state index contributed by atoms with van der Waals surface area (Å²) in [4.78, 5) is 0. The summed E-state index contributed by atoms with van der Waals surface area (Å²) in [5, 5.41) is 11.8. The fourth-order valence-corrected chi connectivity index (χ4v) is 2.14. The molecule has 1 atom stereocenters. The highest BCUT2D eigenvalue weighted by atomic mass is 16.5. The van der Waals surface area contributed by atoms with Gasteiger partial charge in [0.15, 0.2) is 0 Å². The lowest BCUT2D eigenvalue weighted by molar-refractivity contribution is -0.157. The first-order chi connectivity index (χ1) is 7.81. The van der Waals surface area contributed by atoms with Crippen molar-refractivity contribution in [1.82, 2.24) is 5.06 Å². The number of benzene rings is 1. The number of hydrogen-bond acceptors (Lipinski definition) is 2. The predicted octanol–water partition coefficient (Wildman–Crippen LogP) is 4.12. The van der Waals surface area contributed by atoms with E-state index in [4.69, 9.17) is 0 Å². The Kier molecular flexibility index (Phi) is 4.72. The maximum Gasteiger partial charge on any atom is 0.0622 e. The molecule has 2 heteroatoms. The molecule has 0 aliphatic carbocycles. The van der Waals surface area contributed by atoms with Crippen LogP contribution in [0.3, 0.4) is 0 Å². The van der Waals surface area contributed by atoms with Crippen LogP contribution in [0, 0.1) is 11.3 Å². The standard InChI is InChI=1S/C15H25NO/c1-12(2)14(13-9-7-6-8-10-13)16(17)11-15(3,4)5/h6-10,12,14,17H,11H2,1-5H3. The van der Waals surface area contributed by atoms with Gasteiger partial charge in [0.25, 0.3) is 0 Å². The first kappa shape index (κ1) is 14.2. The van der Waals surface area contributed by atoms with Gasteiger partial charge < -0.3 is 5.21 Å². The molecule has 1 aromatic carbocycles. The molecule has 0 spiro atoms. The zero-order valence-electron chi connectivity index (χ0n) is 11.6. The first-order valence-electron chi connectivity index (χ1n) is 6.32. The molecule has 1 aromatic rings. The normalized spacial score (nSPS) is 14.4. The summed E-state index contributed by atoms with van der Waals surface area (Å²) in [6.07, 6.45) is 0. The molecule has 0 saturated heterocycles. The highest BCUT2D eigenvalue weighted by Crippen LogP contribution is 2.29. The van der Waals surface area contributed by atoms with Crippen molar-refractivity contribution in [3.63, 3.8) is 0 Å². The molecule has 0 aliphatic rings. The van der Waals surface area contributed by atoms with Crippen LogP contribution in [-0.4, -0.2) is 16.8 Å². The van der Waals surface area contributed by atoms with Crippen LogP contribution in [0.15, 0.2) is 30.3 Å². The maximum atomic E-state index is 10.3. The Labute approximate surface area is 105 Å². The van der Waals surface area contributed by atoms with E-state index in [1.807, 2.05) is 18.2 Å². The molecule has 0 fully saturated rings. The van der Waals surface area contributed by atoms with Crippen molar-refractivity contribution in [3.8, 4) is 0 Å². The molecule has 0 radical (unpaired) electrons. The average molecular weight is 235 g/mol.